The van der Waals surface area contributed by atoms with Crippen LogP contribution >= 0.6 is 15.9 Å². The van der Waals surface area contributed by atoms with E-state index in [9.17, 15) is 4.39 Å². The van der Waals surface area contributed by atoms with E-state index in [1.54, 1.807) is 0 Å². The molecule has 0 saturated heterocycles. The summed E-state index contributed by atoms with van der Waals surface area (Å²) in [5.41, 5.74) is 1.89. The van der Waals surface area contributed by atoms with Crippen molar-refractivity contribution in [2.24, 2.45) is 5.92 Å². The van der Waals surface area contributed by atoms with E-state index in [2.05, 4.69) is 40.2 Å². The van der Waals surface area contributed by atoms with Crippen molar-refractivity contribution in [1.29, 1.82) is 0 Å². The van der Waals surface area contributed by atoms with Crippen LogP contribution in [0, 0.1) is 11.7 Å². The van der Waals surface area contributed by atoms with Gasteiger partial charge in [-0.1, -0.05) is 29.8 Å². The zero-order valence-electron chi connectivity index (χ0n) is 11.7. The average Bonchev–Trinajstić information content (AvgIpc) is 2.74. The molecule has 1 heterocycles. The van der Waals surface area contributed by atoms with Crippen molar-refractivity contribution < 1.29 is 4.39 Å². The highest BCUT2D eigenvalue weighted by atomic mass is 79.9. The standard InChI is InChI=1S/C15H19BrFN3/c1-11(2)8-18-9-15-3-4-20(19-15)10-12-5-13(16)7-14(17)6-12/h3-7,11,18H,8-10H2,1-2H3. The Labute approximate surface area is 127 Å². The first-order valence-corrected chi connectivity index (χ1v) is 7.50. The lowest BCUT2D eigenvalue weighted by molar-refractivity contribution is 0.543. The van der Waals surface area contributed by atoms with E-state index in [4.69, 9.17) is 0 Å². The van der Waals surface area contributed by atoms with Gasteiger partial charge >= 0.3 is 0 Å². The van der Waals surface area contributed by atoms with Gasteiger partial charge in [-0.05, 0) is 42.3 Å². The van der Waals surface area contributed by atoms with Gasteiger partial charge in [0.2, 0.25) is 0 Å². The predicted octanol–water partition coefficient (Wildman–Crippen LogP) is 3.58. The summed E-state index contributed by atoms with van der Waals surface area (Å²) in [5.74, 6) is 0.391. The first kappa shape index (κ1) is 15.2. The van der Waals surface area contributed by atoms with Gasteiger partial charge in [0.1, 0.15) is 5.82 Å². The molecule has 0 bridgehead atoms. The maximum Gasteiger partial charge on any atom is 0.124 e. The van der Waals surface area contributed by atoms with Crippen molar-refractivity contribution in [3.8, 4) is 0 Å². The Morgan fingerprint density at radius 3 is 2.85 bits per heavy atom. The molecule has 0 amide bonds. The van der Waals surface area contributed by atoms with Gasteiger partial charge < -0.3 is 5.32 Å². The minimum absolute atomic E-state index is 0.236. The van der Waals surface area contributed by atoms with Gasteiger partial charge in [-0.25, -0.2) is 4.39 Å². The van der Waals surface area contributed by atoms with Crippen molar-refractivity contribution in [3.05, 3.63) is 52.0 Å². The first-order valence-electron chi connectivity index (χ1n) is 6.71. The molecule has 0 radical (unpaired) electrons. The fourth-order valence-electron chi connectivity index (χ4n) is 1.96. The Morgan fingerprint density at radius 2 is 2.15 bits per heavy atom. The second-order valence-corrected chi connectivity index (χ2v) is 6.22. The van der Waals surface area contributed by atoms with E-state index in [0.29, 0.717) is 12.5 Å². The van der Waals surface area contributed by atoms with Crippen LogP contribution in [0.4, 0.5) is 4.39 Å². The molecule has 0 aliphatic carbocycles. The molecule has 3 nitrogen and oxygen atoms in total. The van der Waals surface area contributed by atoms with E-state index in [0.717, 1.165) is 28.8 Å². The van der Waals surface area contributed by atoms with Crippen LogP contribution < -0.4 is 5.32 Å². The molecule has 1 aromatic heterocycles. The van der Waals surface area contributed by atoms with Crippen molar-refractivity contribution in [2.75, 3.05) is 6.54 Å². The number of aromatic nitrogens is 2. The third kappa shape index (κ3) is 4.72. The topological polar surface area (TPSA) is 29.9 Å². The molecule has 0 unspecified atom stereocenters. The summed E-state index contributed by atoms with van der Waals surface area (Å²) < 4.78 is 15.9. The second-order valence-electron chi connectivity index (χ2n) is 5.31. The van der Waals surface area contributed by atoms with Gasteiger partial charge in [-0.3, -0.25) is 4.68 Å². The molecular formula is C15H19BrFN3. The number of rotatable bonds is 6. The number of hydrogen-bond acceptors (Lipinski definition) is 2. The summed E-state index contributed by atoms with van der Waals surface area (Å²) in [6, 6.07) is 6.88. The van der Waals surface area contributed by atoms with Crippen LogP contribution in [0.1, 0.15) is 25.1 Å². The summed E-state index contributed by atoms with van der Waals surface area (Å²) in [5, 5.41) is 7.83. The van der Waals surface area contributed by atoms with Crippen molar-refractivity contribution in [3.63, 3.8) is 0 Å². The lowest BCUT2D eigenvalue weighted by Crippen LogP contribution is -2.19. The lowest BCUT2D eigenvalue weighted by Gasteiger charge is -2.05. The maximum absolute atomic E-state index is 13.3. The second kappa shape index (κ2) is 6.99. The summed E-state index contributed by atoms with van der Waals surface area (Å²) in [6.07, 6.45) is 1.92. The molecule has 0 aliphatic rings. The molecule has 108 valence electrons. The molecular weight excluding hydrogens is 321 g/mol. The minimum atomic E-state index is -0.236. The fraction of sp³-hybridized carbons (Fsp3) is 0.400. The summed E-state index contributed by atoms with van der Waals surface area (Å²) in [7, 11) is 0. The van der Waals surface area contributed by atoms with Crippen LogP contribution in [0.25, 0.3) is 0 Å². The highest BCUT2D eigenvalue weighted by molar-refractivity contribution is 9.10. The van der Waals surface area contributed by atoms with Crippen LogP contribution in [0.5, 0.6) is 0 Å². The number of benzene rings is 1. The van der Waals surface area contributed by atoms with Gasteiger partial charge in [0.25, 0.3) is 0 Å². The normalized spacial score (nSPS) is 11.2. The lowest BCUT2D eigenvalue weighted by atomic mass is 10.2. The monoisotopic (exact) mass is 339 g/mol. The van der Waals surface area contributed by atoms with Gasteiger partial charge in [0, 0.05) is 17.2 Å². The molecule has 0 fully saturated rings. The third-order valence-electron chi connectivity index (χ3n) is 2.82. The van der Waals surface area contributed by atoms with Crippen molar-refractivity contribution >= 4 is 15.9 Å². The minimum Gasteiger partial charge on any atom is -0.311 e. The molecule has 1 N–H and O–H groups in total. The smallest absolute Gasteiger partial charge is 0.124 e. The van der Waals surface area contributed by atoms with E-state index in [1.165, 1.54) is 12.1 Å². The van der Waals surface area contributed by atoms with Gasteiger partial charge in [-0.2, -0.15) is 5.10 Å². The summed E-state index contributed by atoms with van der Waals surface area (Å²) >= 11 is 3.30. The highest BCUT2D eigenvalue weighted by Crippen LogP contribution is 2.15. The zero-order valence-corrected chi connectivity index (χ0v) is 13.3. The van der Waals surface area contributed by atoms with Gasteiger partial charge in [-0.15, -0.1) is 0 Å². The SMILES string of the molecule is CC(C)CNCc1ccn(Cc2cc(F)cc(Br)c2)n1. The number of nitrogens with one attached hydrogen (secondary N) is 1. The molecule has 2 aromatic rings. The van der Waals surface area contributed by atoms with Gasteiger partial charge in [0.15, 0.2) is 0 Å². The molecule has 1 aromatic carbocycles. The summed E-state index contributed by atoms with van der Waals surface area (Å²) in [4.78, 5) is 0. The summed E-state index contributed by atoms with van der Waals surface area (Å²) in [6.45, 7) is 6.66. The van der Waals surface area contributed by atoms with Crippen LogP contribution in [-0.2, 0) is 13.1 Å². The quantitative estimate of drug-likeness (QED) is 0.871. The Balaban J connectivity index is 1.95. The number of hydrogen-bond donors (Lipinski definition) is 1. The van der Waals surface area contributed by atoms with E-state index in [-0.39, 0.29) is 5.82 Å². The fourth-order valence-corrected chi connectivity index (χ4v) is 2.48. The van der Waals surface area contributed by atoms with Crippen LogP contribution in [0.15, 0.2) is 34.9 Å². The molecule has 20 heavy (non-hydrogen) atoms. The Kier molecular flexibility index (Phi) is 5.31. The molecule has 0 saturated carbocycles. The highest BCUT2D eigenvalue weighted by Gasteiger charge is 2.03. The molecule has 0 atom stereocenters. The maximum atomic E-state index is 13.3. The van der Waals surface area contributed by atoms with E-state index < -0.39 is 0 Å². The molecule has 0 aliphatic heterocycles. The molecule has 0 spiro atoms. The van der Waals surface area contributed by atoms with Crippen LogP contribution in [-0.4, -0.2) is 16.3 Å². The molecule has 5 heteroatoms. The van der Waals surface area contributed by atoms with Crippen molar-refractivity contribution in [2.45, 2.75) is 26.9 Å². The van der Waals surface area contributed by atoms with Crippen molar-refractivity contribution in [1.82, 2.24) is 15.1 Å². The third-order valence-corrected chi connectivity index (χ3v) is 3.28. The first-order chi connectivity index (χ1) is 9.52. The zero-order chi connectivity index (χ0) is 14.5. The molecule has 2 rings (SSSR count). The predicted molar refractivity (Wildman–Crippen MR) is 82.0 cm³/mol. The van der Waals surface area contributed by atoms with Crippen LogP contribution in [0.2, 0.25) is 0 Å². The Morgan fingerprint density at radius 1 is 1.35 bits per heavy atom. The average molecular weight is 340 g/mol. The van der Waals surface area contributed by atoms with Gasteiger partial charge in [0.05, 0.1) is 12.2 Å². The number of halogens is 2. The largest absolute Gasteiger partial charge is 0.311 e. The van der Waals surface area contributed by atoms with E-state index in [1.807, 2.05) is 23.0 Å². The Bertz CT molecular complexity index is 546. The Hall–Kier alpha value is -1.20. The number of nitrogens with zero attached hydrogens (tertiary/aromatic N) is 2. The van der Waals surface area contributed by atoms with E-state index >= 15 is 0 Å². The van der Waals surface area contributed by atoms with Crippen LogP contribution in [0.3, 0.4) is 0 Å².